The van der Waals surface area contributed by atoms with Crippen molar-refractivity contribution in [2.24, 2.45) is 5.92 Å². The van der Waals surface area contributed by atoms with Gasteiger partial charge in [0.05, 0.1) is 12.3 Å². The Labute approximate surface area is 168 Å². The second-order valence-electron chi connectivity index (χ2n) is 6.73. The van der Waals surface area contributed by atoms with Gasteiger partial charge < -0.3 is 14.6 Å². The summed E-state index contributed by atoms with van der Waals surface area (Å²) in [6.45, 7) is 1.95. The van der Waals surface area contributed by atoms with Crippen molar-refractivity contribution < 1.29 is 19.4 Å². The summed E-state index contributed by atoms with van der Waals surface area (Å²) < 4.78 is 10.8. The van der Waals surface area contributed by atoms with Gasteiger partial charge in [0.15, 0.2) is 0 Å². The van der Waals surface area contributed by atoms with E-state index in [4.69, 9.17) is 14.9 Å². The van der Waals surface area contributed by atoms with E-state index in [-0.39, 0.29) is 18.3 Å². The van der Waals surface area contributed by atoms with Gasteiger partial charge in [-0.2, -0.15) is 0 Å². The summed E-state index contributed by atoms with van der Waals surface area (Å²) in [7, 11) is 0. The van der Waals surface area contributed by atoms with Crippen molar-refractivity contribution in [2.45, 2.75) is 12.8 Å². The molecule has 2 atom stereocenters. The zero-order valence-electron chi connectivity index (χ0n) is 15.8. The highest BCUT2D eigenvalue weighted by atomic mass is 16.5. The molecule has 146 valence electrons. The molecule has 0 bridgehead atoms. The molecule has 0 amide bonds. The van der Waals surface area contributed by atoms with Crippen LogP contribution in [-0.4, -0.2) is 28.6 Å². The van der Waals surface area contributed by atoms with Crippen LogP contribution in [0, 0.1) is 11.3 Å². The molecule has 2 aromatic carbocycles. The van der Waals surface area contributed by atoms with E-state index < -0.39 is 17.8 Å². The first kappa shape index (κ1) is 18.7. The maximum atomic E-state index is 12.7. The molecule has 0 saturated carbocycles. The molecule has 2 N–H and O–H groups in total. The molecule has 0 aliphatic carbocycles. The molecule has 6 nitrogen and oxygen atoms in total. The number of nitrogens with one attached hydrogen (secondary N) is 1. The molecule has 2 unspecified atom stereocenters. The Morgan fingerprint density at radius 1 is 1.17 bits per heavy atom. The fraction of sp³-hybridized carbons (Fsp3) is 0.174. The number of hydrogen-bond acceptors (Lipinski definition) is 6. The van der Waals surface area contributed by atoms with Gasteiger partial charge in [-0.25, -0.2) is 0 Å². The lowest BCUT2D eigenvalue weighted by Gasteiger charge is -2.32. The van der Waals surface area contributed by atoms with Crippen molar-refractivity contribution in [3.8, 4) is 22.8 Å². The number of phenolic OH excluding ortho intramolecular Hbond substituents is 1. The van der Waals surface area contributed by atoms with E-state index in [1.807, 2.05) is 42.5 Å². The van der Waals surface area contributed by atoms with Gasteiger partial charge in [-0.15, -0.1) is 0 Å². The Morgan fingerprint density at radius 2 is 1.97 bits per heavy atom. The average Bonchev–Trinajstić information content (AvgIpc) is 2.73. The van der Waals surface area contributed by atoms with Gasteiger partial charge in [0.2, 0.25) is 5.90 Å². The Morgan fingerprint density at radius 3 is 2.66 bits per heavy atom. The molecule has 6 heteroatoms. The van der Waals surface area contributed by atoms with Crippen molar-refractivity contribution in [3.05, 3.63) is 78.0 Å². The van der Waals surface area contributed by atoms with Crippen LogP contribution >= 0.6 is 0 Å². The normalized spacial score (nSPS) is 17.9. The first-order valence-corrected chi connectivity index (χ1v) is 9.35. The monoisotopic (exact) mass is 388 g/mol. The van der Waals surface area contributed by atoms with E-state index in [0.29, 0.717) is 5.75 Å². The molecule has 29 heavy (non-hydrogen) atoms. The summed E-state index contributed by atoms with van der Waals surface area (Å²) in [4.78, 5) is 17.0. The lowest BCUT2D eigenvalue weighted by Crippen LogP contribution is -2.38. The van der Waals surface area contributed by atoms with Crippen molar-refractivity contribution in [1.82, 2.24) is 4.98 Å². The topological polar surface area (TPSA) is 92.5 Å². The number of nitrogens with zero attached hydrogens (tertiary/aromatic N) is 1. The van der Waals surface area contributed by atoms with Crippen LogP contribution in [0.15, 0.2) is 66.9 Å². The van der Waals surface area contributed by atoms with Gasteiger partial charge in [0.1, 0.15) is 17.4 Å². The minimum atomic E-state index is -0.896. The van der Waals surface area contributed by atoms with Crippen molar-refractivity contribution in [3.63, 3.8) is 0 Å². The van der Waals surface area contributed by atoms with Crippen LogP contribution in [0.4, 0.5) is 0 Å². The number of hydrogen-bond donors (Lipinski definition) is 2. The number of fused-ring (bicyclic) bond motifs is 1. The second kappa shape index (κ2) is 7.75. The number of rotatable bonds is 4. The van der Waals surface area contributed by atoms with E-state index in [2.05, 4.69) is 4.98 Å². The summed E-state index contributed by atoms with van der Waals surface area (Å²) in [6, 6.07) is 18.2. The number of carbonyl (C=O) groups is 1. The zero-order valence-corrected chi connectivity index (χ0v) is 15.8. The standard InChI is InChI=1S/C23H20N2O4/c1-2-28-23(27)21-20(17-11-10-16(26)13-19(17)29-22(21)24)15-8-6-14(7-9-15)18-5-3-4-12-25-18/h3-13,20-21,24,26H,2H2,1H3. The molecule has 3 aromatic rings. The highest BCUT2D eigenvalue weighted by molar-refractivity contribution is 6.00. The number of pyridine rings is 1. The molecule has 1 aliphatic heterocycles. The molecule has 4 rings (SSSR count). The first-order chi connectivity index (χ1) is 14.1. The van der Waals surface area contributed by atoms with Crippen molar-refractivity contribution in [2.75, 3.05) is 6.61 Å². The molecule has 1 aliphatic rings. The highest BCUT2D eigenvalue weighted by Crippen LogP contribution is 2.44. The zero-order chi connectivity index (χ0) is 20.4. The molecule has 0 fully saturated rings. The van der Waals surface area contributed by atoms with E-state index in [9.17, 15) is 9.90 Å². The fourth-order valence-corrected chi connectivity index (χ4v) is 3.62. The predicted molar refractivity (Wildman–Crippen MR) is 108 cm³/mol. The van der Waals surface area contributed by atoms with Gasteiger partial charge in [-0.1, -0.05) is 36.4 Å². The number of esters is 1. The van der Waals surface area contributed by atoms with Crippen LogP contribution in [-0.2, 0) is 9.53 Å². The third-order valence-electron chi connectivity index (χ3n) is 4.94. The SMILES string of the molecule is CCOC(=O)C1C(=N)Oc2cc(O)ccc2C1c1ccc(-c2ccccn2)cc1. The predicted octanol–water partition coefficient (Wildman–Crippen LogP) is 4.14. The average molecular weight is 388 g/mol. The van der Waals surface area contributed by atoms with Crippen LogP contribution < -0.4 is 4.74 Å². The third kappa shape index (κ3) is 3.57. The lowest BCUT2D eigenvalue weighted by molar-refractivity contribution is -0.146. The molecule has 0 spiro atoms. The Kier molecular flexibility index (Phi) is 4.99. The quantitative estimate of drug-likeness (QED) is 0.656. The van der Waals surface area contributed by atoms with Gasteiger partial charge in [-0.05, 0) is 30.7 Å². The molecule has 1 aromatic heterocycles. The van der Waals surface area contributed by atoms with Gasteiger partial charge >= 0.3 is 5.97 Å². The summed E-state index contributed by atoms with van der Waals surface area (Å²) in [6.07, 6.45) is 1.74. The number of benzene rings is 2. The minimum absolute atomic E-state index is 0.0374. The Bertz CT molecular complexity index is 1050. The number of phenols is 1. The van der Waals surface area contributed by atoms with Gasteiger partial charge in [0, 0.05) is 29.3 Å². The Hall–Kier alpha value is -3.67. The summed E-state index contributed by atoms with van der Waals surface area (Å²) in [5.74, 6) is -1.64. The van der Waals surface area contributed by atoms with Gasteiger partial charge in [0.25, 0.3) is 0 Å². The molecule has 0 saturated heterocycles. The van der Waals surface area contributed by atoms with Crippen molar-refractivity contribution in [1.29, 1.82) is 5.41 Å². The summed E-state index contributed by atoms with van der Waals surface area (Å²) in [5, 5.41) is 18.1. The van der Waals surface area contributed by atoms with Crippen LogP contribution in [0.3, 0.4) is 0 Å². The largest absolute Gasteiger partial charge is 0.508 e. The summed E-state index contributed by atoms with van der Waals surface area (Å²) >= 11 is 0. The van der Waals surface area contributed by atoms with E-state index in [1.165, 1.54) is 6.07 Å². The van der Waals surface area contributed by atoms with Gasteiger partial charge in [-0.3, -0.25) is 15.2 Å². The number of ether oxygens (including phenoxy) is 2. The second-order valence-corrected chi connectivity index (χ2v) is 6.73. The minimum Gasteiger partial charge on any atom is -0.508 e. The smallest absolute Gasteiger partial charge is 0.319 e. The van der Waals surface area contributed by atoms with Crippen LogP contribution in [0.2, 0.25) is 0 Å². The number of aromatic hydroxyl groups is 1. The molecular weight excluding hydrogens is 368 g/mol. The maximum absolute atomic E-state index is 12.7. The van der Waals surface area contributed by atoms with E-state index >= 15 is 0 Å². The van der Waals surface area contributed by atoms with Crippen molar-refractivity contribution >= 4 is 11.9 Å². The Balaban J connectivity index is 1.79. The number of carbonyl (C=O) groups excluding carboxylic acids is 1. The third-order valence-corrected chi connectivity index (χ3v) is 4.94. The number of aromatic nitrogens is 1. The van der Waals surface area contributed by atoms with Crippen LogP contribution in [0.1, 0.15) is 24.0 Å². The molecule has 2 heterocycles. The highest BCUT2D eigenvalue weighted by Gasteiger charge is 2.42. The first-order valence-electron chi connectivity index (χ1n) is 9.35. The van der Waals surface area contributed by atoms with Crippen LogP contribution in [0.25, 0.3) is 11.3 Å². The molecular formula is C23H20N2O4. The van der Waals surface area contributed by atoms with E-state index in [1.54, 1.807) is 25.3 Å². The van der Waals surface area contributed by atoms with E-state index in [0.717, 1.165) is 22.4 Å². The fourth-order valence-electron chi connectivity index (χ4n) is 3.62. The lowest BCUT2D eigenvalue weighted by atomic mass is 9.78. The maximum Gasteiger partial charge on any atom is 0.319 e. The van der Waals surface area contributed by atoms with Crippen LogP contribution in [0.5, 0.6) is 11.5 Å². The summed E-state index contributed by atoms with van der Waals surface area (Å²) in [5.41, 5.74) is 3.38. The molecule has 0 radical (unpaired) electrons.